The minimum Gasteiger partial charge on any atom is -0.385 e. The second kappa shape index (κ2) is 8.77. The van der Waals surface area contributed by atoms with E-state index in [9.17, 15) is 0 Å². The third-order valence-corrected chi connectivity index (χ3v) is 2.72. The van der Waals surface area contributed by atoms with E-state index >= 15 is 0 Å². The topological polar surface area (TPSA) is 41.8 Å². The second-order valence-corrected chi connectivity index (χ2v) is 4.20. The molecule has 4 nitrogen and oxygen atoms in total. The van der Waals surface area contributed by atoms with E-state index in [1.54, 1.807) is 7.11 Å². The van der Waals surface area contributed by atoms with Gasteiger partial charge in [0.25, 0.3) is 0 Å². The minimum absolute atomic E-state index is 0.665. The smallest absolute Gasteiger partial charge is 0.243 e. The lowest BCUT2D eigenvalue weighted by atomic mass is 10.2. The van der Waals surface area contributed by atoms with E-state index < -0.39 is 0 Å². The minimum atomic E-state index is 0.665. The quantitative estimate of drug-likeness (QED) is 0.485. The number of imidazole rings is 1. The highest BCUT2D eigenvalue weighted by Crippen LogP contribution is 1.96. The monoisotopic (exact) mass is 236 g/mol. The Bertz CT molecular complexity index is 341. The summed E-state index contributed by atoms with van der Waals surface area (Å²) in [5.41, 5.74) is 0. The van der Waals surface area contributed by atoms with Gasteiger partial charge in [-0.15, -0.1) is 0 Å². The van der Waals surface area contributed by atoms with Gasteiger partial charge in [0.05, 0.1) is 19.2 Å². The van der Waals surface area contributed by atoms with Crippen LogP contribution in [0.5, 0.6) is 0 Å². The molecule has 1 heterocycles. The van der Waals surface area contributed by atoms with E-state index in [0.29, 0.717) is 6.42 Å². The van der Waals surface area contributed by atoms with Gasteiger partial charge < -0.3 is 4.74 Å². The summed E-state index contributed by atoms with van der Waals surface area (Å²) in [6.45, 7) is 2.90. The van der Waals surface area contributed by atoms with E-state index in [1.165, 1.54) is 0 Å². The molecule has 0 fully saturated rings. The van der Waals surface area contributed by atoms with Crippen LogP contribution in [0.1, 0.15) is 32.1 Å². The highest BCUT2D eigenvalue weighted by atomic mass is 16.5. The highest BCUT2D eigenvalue weighted by Gasteiger charge is 2.02. The Balaban J connectivity index is 2.16. The summed E-state index contributed by atoms with van der Waals surface area (Å²) >= 11 is 0. The van der Waals surface area contributed by atoms with Crippen molar-refractivity contribution in [1.29, 1.82) is 5.26 Å². The number of nitriles is 1. The molecule has 17 heavy (non-hydrogen) atoms. The molecular formula is C13H22N3O+. The molecule has 1 aromatic heterocycles. The van der Waals surface area contributed by atoms with Gasteiger partial charge in [-0.25, -0.2) is 9.13 Å². The van der Waals surface area contributed by atoms with Crippen LogP contribution < -0.4 is 4.57 Å². The third-order valence-electron chi connectivity index (χ3n) is 2.72. The molecule has 0 atom stereocenters. The molecule has 1 aromatic rings. The van der Waals surface area contributed by atoms with Crippen LogP contribution in [0.15, 0.2) is 18.7 Å². The summed E-state index contributed by atoms with van der Waals surface area (Å²) in [5.74, 6) is 0. The zero-order valence-electron chi connectivity index (χ0n) is 10.6. The van der Waals surface area contributed by atoms with Crippen molar-refractivity contribution in [3.8, 4) is 6.07 Å². The average molecular weight is 236 g/mol. The second-order valence-electron chi connectivity index (χ2n) is 4.20. The number of nitrogens with zero attached hydrogens (tertiary/aromatic N) is 3. The Hall–Kier alpha value is -1.34. The van der Waals surface area contributed by atoms with Gasteiger partial charge in [0.15, 0.2) is 0 Å². The molecule has 0 bridgehead atoms. The van der Waals surface area contributed by atoms with Gasteiger partial charge in [0.2, 0.25) is 6.33 Å². The van der Waals surface area contributed by atoms with Crippen molar-refractivity contribution in [3.05, 3.63) is 18.7 Å². The lowest BCUT2D eigenvalue weighted by Crippen LogP contribution is -2.30. The average Bonchev–Trinajstić information content (AvgIpc) is 2.78. The molecule has 0 aliphatic carbocycles. The molecule has 0 aliphatic rings. The number of aromatic nitrogens is 2. The van der Waals surface area contributed by atoms with Gasteiger partial charge in [-0.2, -0.15) is 5.26 Å². The largest absolute Gasteiger partial charge is 0.385 e. The van der Waals surface area contributed by atoms with Gasteiger partial charge in [0.1, 0.15) is 12.4 Å². The van der Waals surface area contributed by atoms with Crippen molar-refractivity contribution < 1.29 is 9.30 Å². The normalized spacial score (nSPS) is 10.4. The van der Waals surface area contributed by atoms with E-state index in [-0.39, 0.29) is 0 Å². The maximum absolute atomic E-state index is 8.44. The first-order chi connectivity index (χ1) is 8.36. The van der Waals surface area contributed by atoms with Crippen LogP contribution in [0.4, 0.5) is 0 Å². The zero-order valence-corrected chi connectivity index (χ0v) is 10.6. The number of aryl methyl sites for hydroxylation is 2. The molecule has 0 spiro atoms. The van der Waals surface area contributed by atoms with Crippen LogP contribution in [0.3, 0.4) is 0 Å². The summed E-state index contributed by atoms with van der Waals surface area (Å²) in [6.07, 6.45) is 11.3. The fraction of sp³-hybridized carbons (Fsp3) is 0.692. The van der Waals surface area contributed by atoms with E-state index in [2.05, 4.69) is 33.9 Å². The number of hydrogen-bond donors (Lipinski definition) is 0. The van der Waals surface area contributed by atoms with Gasteiger partial charge in [-0.05, 0) is 25.7 Å². The molecule has 0 amide bonds. The van der Waals surface area contributed by atoms with E-state index in [1.807, 2.05) is 0 Å². The summed E-state index contributed by atoms with van der Waals surface area (Å²) in [6, 6.07) is 2.17. The Kier molecular flexibility index (Phi) is 7.08. The summed E-state index contributed by atoms with van der Waals surface area (Å²) in [4.78, 5) is 0. The molecule has 0 aliphatic heterocycles. The maximum atomic E-state index is 8.44. The summed E-state index contributed by atoms with van der Waals surface area (Å²) in [5, 5.41) is 8.44. The summed E-state index contributed by atoms with van der Waals surface area (Å²) in [7, 11) is 1.74. The lowest BCUT2D eigenvalue weighted by molar-refractivity contribution is -0.696. The Morgan fingerprint density at radius 2 is 2.18 bits per heavy atom. The zero-order chi connectivity index (χ0) is 12.3. The Morgan fingerprint density at radius 3 is 2.94 bits per heavy atom. The molecular weight excluding hydrogens is 214 g/mol. The van der Waals surface area contributed by atoms with Crippen LogP contribution in [-0.4, -0.2) is 18.3 Å². The van der Waals surface area contributed by atoms with Crippen LogP contribution in [-0.2, 0) is 17.8 Å². The molecule has 94 valence electrons. The fourth-order valence-corrected chi connectivity index (χ4v) is 1.74. The van der Waals surface area contributed by atoms with Crippen LogP contribution in [0.2, 0.25) is 0 Å². The van der Waals surface area contributed by atoms with Gasteiger partial charge in [-0.3, -0.25) is 0 Å². The number of unbranched alkanes of at least 4 members (excludes halogenated alkanes) is 3. The van der Waals surface area contributed by atoms with Crippen LogP contribution >= 0.6 is 0 Å². The lowest BCUT2D eigenvalue weighted by Gasteiger charge is -1.97. The highest BCUT2D eigenvalue weighted by molar-refractivity contribution is 4.68. The standard InChI is InChI=1S/C13H22N3O/c1-17-12-6-5-9-16-11-10-15(13-16)8-4-2-3-7-14/h10-11,13H,2-6,8-9,12H2,1H3/q+1. The Labute approximate surface area is 103 Å². The number of hydrogen-bond acceptors (Lipinski definition) is 2. The van der Waals surface area contributed by atoms with Crippen molar-refractivity contribution in [2.75, 3.05) is 13.7 Å². The molecule has 0 unspecified atom stereocenters. The van der Waals surface area contributed by atoms with Crippen molar-refractivity contribution in [2.24, 2.45) is 0 Å². The van der Waals surface area contributed by atoms with Crippen molar-refractivity contribution in [2.45, 2.75) is 45.2 Å². The number of methoxy groups -OCH3 is 1. The molecule has 0 saturated heterocycles. The van der Waals surface area contributed by atoms with Gasteiger partial charge in [0, 0.05) is 20.1 Å². The van der Waals surface area contributed by atoms with Crippen molar-refractivity contribution in [3.63, 3.8) is 0 Å². The first kappa shape index (κ1) is 13.7. The van der Waals surface area contributed by atoms with Crippen molar-refractivity contribution in [1.82, 2.24) is 4.57 Å². The van der Waals surface area contributed by atoms with Crippen molar-refractivity contribution >= 4 is 0 Å². The van der Waals surface area contributed by atoms with Crippen LogP contribution in [0.25, 0.3) is 0 Å². The molecule has 0 saturated carbocycles. The molecule has 0 N–H and O–H groups in total. The van der Waals surface area contributed by atoms with E-state index in [4.69, 9.17) is 10.00 Å². The fourth-order valence-electron chi connectivity index (χ4n) is 1.74. The first-order valence-electron chi connectivity index (χ1n) is 6.27. The van der Waals surface area contributed by atoms with Crippen LogP contribution in [0, 0.1) is 11.3 Å². The van der Waals surface area contributed by atoms with Gasteiger partial charge in [-0.1, -0.05) is 0 Å². The number of ether oxygens (including phenoxy) is 1. The molecule has 1 rings (SSSR count). The summed E-state index contributed by atoms with van der Waals surface area (Å²) < 4.78 is 9.42. The molecule has 4 heteroatoms. The number of rotatable bonds is 9. The predicted molar refractivity (Wildman–Crippen MR) is 65.2 cm³/mol. The Morgan fingerprint density at radius 1 is 1.29 bits per heavy atom. The predicted octanol–water partition coefficient (Wildman–Crippen LogP) is 1.90. The maximum Gasteiger partial charge on any atom is 0.243 e. The molecule has 0 aromatic carbocycles. The van der Waals surface area contributed by atoms with E-state index in [0.717, 1.165) is 45.4 Å². The third kappa shape index (κ3) is 6.08. The molecule has 0 radical (unpaired) electrons. The van der Waals surface area contributed by atoms with Gasteiger partial charge >= 0.3 is 0 Å². The SMILES string of the molecule is COCCCCn1cc[n+](CCCCC#N)c1. The first-order valence-corrected chi connectivity index (χ1v) is 6.27.